The third kappa shape index (κ3) is 3.46. The van der Waals surface area contributed by atoms with Crippen LogP contribution in [-0.4, -0.2) is 28.1 Å². The van der Waals surface area contributed by atoms with E-state index in [1.807, 2.05) is 30.3 Å². The number of carbonyl (C=O) groups is 1. The molecule has 1 aliphatic rings. The minimum atomic E-state index is 0.00989. The van der Waals surface area contributed by atoms with Gasteiger partial charge in [-0.05, 0) is 42.5 Å². The first-order chi connectivity index (χ1) is 12.2. The summed E-state index contributed by atoms with van der Waals surface area (Å²) in [6.45, 7) is 0.196. The van der Waals surface area contributed by atoms with Crippen LogP contribution in [0.25, 0.3) is 5.69 Å². The minimum Gasteiger partial charge on any atom is -0.454 e. The minimum absolute atomic E-state index is 0.00989. The van der Waals surface area contributed by atoms with Crippen LogP contribution in [0.15, 0.2) is 52.9 Å². The largest absolute Gasteiger partial charge is 0.454 e. The van der Waals surface area contributed by atoms with Crippen LogP contribution in [0, 0.1) is 3.95 Å². The average molecular weight is 388 g/mol. The molecule has 0 unspecified atom stereocenters. The van der Waals surface area contributed by atoms with Gasteiger partial charge in [0.1, 0.15) is 0 Å². The van der Waals surface area contributed by atoms with Crippen LogP contribution < -0.4 is 9.47 Å². The lowest BCUT2D eigenvalue weighted by atomic mass is 10.1. The van der Waals surface area contributed by atoms with Crippen molar-refractivity contribution in [3.05, 3.63) is 58.0 Å². The summed E-state index contributed by atoms with van der Waals surface area (Å²) in [4.78, 5) is 12.4. The summed E-state index contributed by atoms with van der Waals surface area (Å²) in [6.07, 6.45) is 0. The molecule has 1 aliphatic heterocycles. The first kappa shape index (κ1) is 16.3. The lowest BCUT2D eigenvalue weighted by Gasteiger charge is -2.01. The number of Topliss-reactive ketones (excluding diaryl/α,β-unsaturated/α-hetero) is 1. The lowest BCUT2D eigenvalue weighted by molar-refractivity contribution is 0.102. The molecule has 0 bridgehead atoms. The smallest absolute Gasteiger partial charge is 0.231 e. The molecule has 0 atom stereocenters. The molecule has 0 N–H and O–H groups in total. The molecular weight excluding hydrogens is 376 g/mol. The summed E-state index contributed by atoms with van der Waals surface area (Å²) in [5.74, 6) is 1.58. The number of fused-ring (bicyclic) bond motifs is 1. The monoisotopic (exact) mass is 388 g/mol. The Morgan fingerprint density at radius 3 is 2.84 bits per heavy atom. The highest BCUT2D eigenvalue weighted by atomic mass is 32.2. The van der Waals surface area contributed by atoms with E-state index in [2.05, 4.69) is 5.10 Å². The first-order valence-electron chi connectivity index (χ1n) is 7.42. The molecule has 5 nitrogen and oxygen atoms in total. The summed E-state index contributed by atoms with van der Waals surface area (Å²) in [7, 11) is 0. The summed E-state index contributed by atoms with van der Waals surface area (Å²) in [5, 5.41) is 4.50. The number of carbonyl (C=O) groups excluding carboxylic acids is 1. The van der Waals surface area contributed by atoms with Crippen molar-refractivity contribution in [1.29, 1.82) is 0 Å². The Bertz CT molecular complexity index is 982. The molecule has 126 valence electrons. The fraction of sp³-hybridized carbons (Fsp3) is 0.118. The van der Waals surface area contributed by atoms with Crippen molar-refractivity contribution >= 4 is 41.1 Å². The van der Waals surface area contributed by atoms with Gasteiger partial charge in [-0.25, -0.2) is 4.68 Å². The zero-order valence-corrected chi connectivity index (χ0v) is 15.3. The average Bonchev–Trinajstić information content (AvgIpc) is 3.26. The lowest BCUT2D eigenvalue weighted by Crippen LogP contribution is -2.02. The zero-order valence-electron chi connectivity index (χ0n) is 12.9. The number of hydrogen-bond acceptors (Lipinski definition) is 7. The summed E-state index contributed by atoms with van der Waals surface area (Å²) >= 11 is 8.16. The summed E-state index contributed by atoms with van der Waals surface area (Å²) in [5.41, 5.74) is 1.51. The van der Waals surface area contributed by atoms with Gasteiger partial charge in [-0.15, -0.1) is 5.10 Å². The van der Waals surface area contributed by atoms with E-state index < -0.39 is 0 Å². The molecule has 1 aromatic heterocycles. The van der Waals surface area contributed by atoms with Gasteiger partial charge in [0.25, 0.3) is 0 Å². The van der Waals surface area contributed by atoms with Gasteiger partial charge in [0.05, 0.1) is 11.4 Å². The second-order valence-corrected chi connectivity index (χ2v) is 8.01. The number of rotatable bonds is 5. The number of ketones is 1. The molecule has 0 aliphatic carbocycles. The second kappa shape index (κ2) is 6.99. The normalized spacial score (nSPS) is 12.3. The summed E-state index contributed by atoms with van der Waals surface area (Å²) < 4.78 is 13.7. The molecule has 2 heterocycles. The molecule has 0 radical (unpaired) electrons. The van der Waals surface area contributed by atoms with Crippen LogP contribution in [0.4, 0.5) is 0 Å². The number of benzene rings is 2. The number of thioether (sulfide) groups is 1. The van der Waals surface area contributed by atoms with E-state index in [9.17, 15) is 4.79 Å². The number of nitrogens with zero attached hydrogens (tertiary/aromatic N) is 2. The maximum atomic E-state index is 12.4. The van der Waals surface area contributed by atoms with Crippen LogP contribution in [0.2, 0.25) is 0 Å². The van der Waals surface area contributed by atoms with Crippen molar-refractivity contribution in [2.75, 3.05) is 12.5 Å². The molecule has 3 aromatic rings. The Morgan fingerprint density at radius 2 is 2.00 bits per heavy atom. The van der Waals surface area contributed by atoms with Crippen molar-refractivity contribution in [2.45, 2.75) is 4.34 Å². The molecule has 0 amide bonds. The molecule has 8 heteroatoms. The maximum absolute atomic E-state index is 12.4. The Hall–Kier alpha value is -2.16. The SMILES string of the molecule is O=C(CSc1nn(-c2ccccc2)c(=S)s1)c1ccc2c(c1)OCO2. The number of aromatic nitrogens is 2. The van der Waals surface area contributed by atoms with Crippen molar-refractivity contribution in [3.8, 4) is 17.2 Å². The molecular formula is C17H12N2O3S3. The molecule has 0 saturated carbocycles. The van der Waals surface area contributed by atoms with Crippen molar-refractivity contribution in [3.63, 3.8) is 0 Å². The van der Waals surface area contributed by atoms with Gasteiger partial charge < -0.3 is 9.47 Å². The standard InChI is InChI=1S/C17H12N2O3S3/c20-13(11-6-7-14-15(8-11)22-10-21-14)9-24-16-18-19(17(23)25-16)12-4-2-1-3-5-12/h1-8H,9-10H2. The maximum Gasteiger partial charge on any atom is 0.231 e. The van der Waals surface area contributed by atoms with Crippen LogP contribution in [0.1, 0.15) is 10.4 Å². The third-order valence-electron chi connectivity index (χ3n) is 3.55. The first-order valence-corrected chi connectivity index (χ1v) is 9.63. The van der Waals surface area contributed by atoms with Gasteiger partial charge in [-0.1, -0.05) is 41.3 Å². The molecule has 0 saturated heterocycles. The van der Waals surface area contributed by atoms with E-state index >= 15 is 0 Å². The van der Waals surface area contributed by atoms with Gasteiger partial charge in [-0.3, -0.25) is 4.79 Å². The number of hydrogen-bond donors (Lipinski definition) is 0. The molecule has 0 fully saturated rings. The van der Waals surface area contributed by atoms with Gasteiger partial charge in [-0.2, -0.15) is 0 Å². The molecule has 0 spiro atoms. The Balaban J connectivity index is 1.47. The Morgan fingerprint density at radius 1 is 1.20 bits per heavy atom. The van der Waals surface area contributed by atoms with Crippen LogP contribution in [-0.2, 0) is 0 Å². The second-order valence-electron chi connectivity index (χ2n) is 5.16. The predicted molar refractivity (Wildman–Crippen MR) is 99.9 cm³/mol. The van der Waals surface area contributed by atoms with E-state index in [0.29, 0.717) is 21.0 Å². The quantitative estimate of drug-likeness (QED) is 0.368. The Labute approximate surface area is 157 Å². The highest BCUT2D eigenvalue weighted by Gasteiger charge is 2.17. The van der Waals surface area contributed by atoms with Crippen molar-refractivity contribution in [2.24, 2.45) is 0 Å². The fourth-order valence-electron chi connectivity index (χ4n) is 2.33. The molecule has 2 aromatic carbocycles. The number of para-hydroxylation sites is 1. The fourth-order valence-corrected chi connectivity index (χ4v) is 4.59. The zero-order chi connectivity index (χ0) is 17.2. The molecule has 4 rings (SSSR count). The van der Waals surface area contributed by atoms with Crippen LogP contribution >= 0.6 is 35.3 Å². The van der Waals surface area contributed by atoms with E-state index in [1.165, 1.54) is 23.1 Å². The van der Waals surface area contributed by atoms with E-state index in [-0.39, 0.29) is 18.3 Å². The predicted octanol–water partition coefficient (Wildman–Crippen LogP) is 4.37. The number of ether oxygens (including phenoxy) is 2. The highest BCUT2D eigenvalue weighted by Crippen LogP contribution is 2.33. The van der Waals surface area contributed by atoms with E-state index in [4.69, 9.17) is 21.7 Å². The van der Waals surface area contributed by atoms with Gasteiger partial charge in [0.2, 0.25) is 6.79 Å². The van der Waals surface area contributed by atoms with E-state index in [1.54, 1.807) is 22.9 Å². The van der Waals surface area contributed by atoms with Crippen molar-refractivity contribution in [1.82, 2.24) is 9.78 Å². The van der Waals surface area contributed by atoms with Gasteiger partial charge in [0, 0.05) is 5.56 Å². The molecule has 25 heavy (non-hydrogen) atoms. The summed E-state index contributed by atoms with van der Waals surface area (Å²) in [6, 6.07) is 14.9. The topological polar surface area (TPSA) is 53.4 Å². The van der Waals surface area contributed by atoms with Crippen molar-refractivity contribution < 1.29 is 14.3 Å². The van der Waals surface area contributed by atoms with Crippen LogP contribution in [0.5, 0.6) is 11.5 Å². The Kier molecular flexibility index (Phi) is 4.56. The van der Waals surface area contributed by atoms with E-state index in [0.717, 1.165) is 10.0 Å². The van der Waals surface area contributed by atoms with Crippen LogP contribution in [0.3, 0.4) is 0 Å². The highest BCUT2D eigenvalue weighted by molar-refractivity contribution is 8.01. The van der Waals surface area contributed by atoms with Gasteiger partial charge >= 0.3 is 0 Å². The third-order valence-corrected chi connectivity index (χ3v) is 5.92. The van der Waals surface area contributed by atoms with Gasteiger partial charge in [0.15, 0.2) is 25.6 Å².